The van der Waals surface area contributed by atoms with E-state index in [1.165, 1.54) is 17.0 Å². The molecule has 5 nitrogen and oxygen atoms in total. The number of carbonyl (C=O) groups is 1. The Bertz CT molecular complexity index is 680. The molecule has 6 heteroatoms. The van der Waals surface area contributed by atoms with Gasteiger partial charge in [0.05, 0.1) is 13.2 Å². The molecule has 2 aromatic carbocycles. The van der Waals surface area contributed by atoms with Crippen molar-refractivity contribution in [2.45, 2.75) is 19.6 Å². The van der Waals surface area contributed by atoms with E-state index in [9.17, 15) is 9.18 Å². The monoisotopic (exact) mass is 346 g/mol. The van der Waals surface area contributed by atoms with Crippen LogP contribution < -0.4 is 10.5 Å². The Hall–Kier alpha value is -2.60. The third-order valence-corrected chi connectivity index (χ3v) is 3.55. The Morgan fingerprint density at radius 1 is 1.20 bits per heavy atom. The van der Waals surface area contributed by atoms with Gasteiger partial charge < -0.3 is 20.1 Å². The zero-order valence-corrected chi connectivity index (χ0v) is 14.3. The number of carbonyl (C=O) groups excluding carboxylic acids is 1. The van der Waals surface area contributed by atoms with Crippen molar-refractivity contribution in [3.63, 3.8) is 0 Å². The molecule has 0 saturated carbocycles. The summed E-state index contributed by atoms with van der Waals surface area (Å²) >= 11 is 0. The van der Waals surface area contributed by atoms with Crippen molar-refractivity contribution in [1.82, 2.24) is 4.90 Å². The van der Waals surface area contributed by atoms with E-state index < -0.39 is 6.09 Å². The number of hydrogen-bond acceptors (Lipinski definition) is 4. The Morgan fingerprint density at radius 2 is 1.96 bits per heavy atom. The van der Waals surface area contributed by atoms with Crippen LogP contribution in [0.15, 0.2) is 48.5 Å². The average Bonchev–Trinajstić information content (AvgIpc) is 2.62. The summed E-state index contributed by atoms with van der Waals surface area (Å²) in [6, 6.07) is 13.7. The highest BCUT2D eigenvalue weighted by molar-refractivity contribution is 5.67. The molecule has 0 aliphatic carbocycles. The van der Waals surface area contributed by atoms with Crippen molar-refractivity contribution in [2.75, 3.05) is 20.2 Å². The van der Waals surface area contributed by atoms with Gasteiger partial charge in [-0.05, 0) is 36.7 Å². The molecule has 2 N–H and O–H groups in total. The lowest BCUT2D eigenvalue weighted by Crippen LogP contribution is -2.27. The van der Waals surface area contributed by atoms with Crippen LogP contribution in [0.3, 0.4) is 0 Å². The van der Waals surface area contributed by atoms with E-state index in [2.05, 4.69) is 0 Å². The minimum atomic E-state index is -0.485. The molecule has 0 saturated heterocycles. The summed E-state index contributed by atoms with van der Waals surface area (Å²) in [6.07, 6.45) is 0.215. The van der Waals surface area contributed by atoms with Crippen LogP contribution in [0.1, 0.15) is 17.5 Å². The predicted octanol–water partition coefficient (Wildman–Crippen LogP) is 3.32. The van der Waals surface area contributed by atoms with Gasteiger partial charge in [-0.3, -0.25) is 0 Å². The maximum atomic E-state index is 13.5. The Labute approximate surface area is 147 Å². The number of hydrogen-bond donors (Lipinski definition) is 1. The van der Waals surface area contributed by atoms with Crippen molar-refractivity contribution >= 4 is 6.09 Å². The lowest BCUT2D eigenvalue weighted by Gasteiger charge is -2.19. The molecule has 2 aromatic rings. The average molecular weight is 346 g/mol. The molecule has 0 heterocycles. The molecule has 0 aliphatic heterocycles. The molecule has 25 heavy (non-hydrogen) atoms. The second kappa shape index (κ2) is 9.64. The minimum Gasteiger partial charge on any atom is -0.493 e. The number of benzene rings is 2. The highest BCUT2D eigenvalue weighted by Crippen LogP contribution is 2.22. The van der Waals surface area contributed by atoms with Crippen LogP contribution in [0.5, 0.6) is 5.75 Å². The third kappa shape index (κ3) is 6.08. The number of halogens is 1. The topological polar surface area (TPSA) is 64.8 Å². The molecule has 1 amide bonds. The number of rotatable bonds is 8. The van der Waals surface area contributed by atoms with Gasteiger partial charge in [-0.1, -0.05) is 30.3 Å². The van der Waals surface area contributed by atoms with Gasteiger partial charge in [0.15, 0.2) is 0 Å². The van der Waals surface area contributed by atoms with Crippen LogP contribution in [0.25, 0.3) is 0 Å². The molecular weight excluding hydrogens is 323 g/mol. The number of amides is 1. The largest absolute Gasteiger partial charge is 0.493 e. The molecule has 0 bridgehead atoms. The minimum absolute atomic E-state index is 0.184. The molecule has 0 fully saturated rings. The van der Waals surface area contributed by atoms with Gasteiger partial charge in [0, 0.05) is 12.6 Å². The molecule has 0 aromatic heterocycles. The van der Waals surface area contributed by atoms with Crippen molar-refractivity contribution in [3.8, 4) is 5.75 Å². The summed E-state index contributed by atoms with van der Waals surface area (Å²) in [4.78, 5) is 13.5. The van der Waals surface area contributed by atoms with Gasteiger partial charge in [-0.25, -0.2) is 9.18 Å². The predicted molar refractivity (Wildman–Crippen MR) is 93.7 cm³/mol. The van der Waals surface area contributed by atoms with E-state index in [0.29, 0.717) is 30.9 Å². The summed E-state index contributed by atoms with van der Waals surface area (Å²) in [5, 5.41) is 0. The normalized spacial score (nSPS) is 10.4. The fourth-order valence-electron chi connectivity index (χ4n) is 2.23. The van der Waals surface area contributed by atoms with Crippen LogP contribution in [0.2, 0.25) is 0 Å². The molecule has 0 radical (unpaired) electrons. The molecule has 0 spiro atoms. The summed E-state index contributed by atoms with van der Waals surface area (Å²) in [7, 11) is 1.60. The van der Waals surface area contributed by atoms with Gasteiger partial charge in [0.1, 0.15) is 18.2 Å². The van der Waals surface area contributed by atoms with Gasteiger partial charge in [0.2, 0.25) is 0 Å². The number of nitrogens with two attached hydrogens (primary N) is 1. The highest BCUT2D eigenvalue weighted by Gasteiger charge is 2.14. The Morgan fingerprint density at radius 3 is 2.68 bits per heavy atom. The highest BCUT2D eigenvalue weighted by atomic mass is 19.1. The maximum absolute atomic E-state index is 13.5. The first-order valence-corrected chi connectivity index (χ1v) is 8.13. The summed E-state index contributed by atoms with van der Waals surface area (Å²) in [6.45, 7) is 1.33. The SMILES string of the molecule is CN(Cc1cc(F)ccc1OCCCN)C(=O)OCc1ccccc1. The van der Waals surface area contributed by atoms with Crippen molar-refractivity contribution in [1.29, 1.82) is 0 Å². The molecule has 134 valence electrons. The fraction of sp³-hybridized carbons (Fsp3) is 0.316. The zero-order valence-electron chi connectivity index (χ0n) is 14.3. The van der Waals surface area contributed by atoms with E-state index in [1.807, 2.05) is 30.3 Å². The second-order valence-electron chi connectivity index (χ2n) is 5.64. The molecule has 0 aliphatic rings. The Balaban J connectivity index is 1.95. The summed E-state index contributed by atoms with van der Waals surface area (Å²) < 4.78 is 24.4. The standard InChI is InChI=1S/C19H23FN2O3/c1-22(19(23)25-14-15-6-3-2-4-7-15)13-16-12-17(20)8-9-18(16)24-11-5-10-21/h2-4,6-9,12H,5,10-11,13-14,21H2,1H3. The second-order valence-corrected chi connectivity index (χ2v) is 5.64. The van der Waals surface area contributed by atoms with Crippen LogP contribution in [0.4, 0.5) is 9.18 Å². The van der Waals surface area contributed by atoms with Gasteiger partial charge in [-0.2, -0.15) is 0 Å². The lowest BCUT2D eigenvalue weighted by molar-refractivity contribution is 0.102. The van der Waals surface area contributed by atoms with Gasteiger partial charge in [0.25, 0.3) is 0 Å². The first-order chi connectivity index (χ1) is 12.1. The van der Waals surface area contributed by atoms with Gasteiger partial charge >= 0.3 is 6.09 Å². The maximum Gasteiger partial charge on any atom is 0.410 e. The molecule has 0 atom stereocenters. The van der Waals surface area contributed by atoms with E-state index in [4.69, 9.17) is 15.2 Å². The van der Waals surface area contributed by atoms with Gasteiger partial charge in [-0.15, -0.1) is 0 Å². The summed E-state index contributed by atoms with van der Waals surface area (Å²) in [5.74, 6) is 0.157. The number of ether oxygens (including phenoxy) is 2. The molecule has 0 unspecified atom stereocenters. The van der Waals surface area contributed by atoms with Crippen LogP contribution >= 0.6 is 0 Å². The van der Waals surface area contributed by atoms with Crippen LogP contribution in [-0.2, 0) is 17.9 Å². The fourth-order valence-corrected chi connectivity index (χ4v) is 2.23. The quantitative estimate of drug-likeness (QED) is 0.745. The smallest absolute Gasteiger partial charge is 0.410 e. The first kappa shape index (κ1) is 18.7. The van der Waals surface area contributed by atoms with E-state index in [0.717, 1.165) is 5.56 Å². The van der Waals surface area contributed by atoms with Crippen LogP contribution in [-0.4, -0.2) is 31.2 Å². The van der Waals surface area contributed by atoms with E-state index in [-0.39, 0.29) is 19.0 Å². The van der Waals surface area contributed by atoms with Crippen molar-refractivity contribution in [3.05, 3.63) is 65.5 Å². The number of nitrogens with zero attached hydrogens (tertiary/aromatic N) is 1. The van der Waals surface area contributed by atoms with Crippen LogP contribution in [0, 0.1) is 5.82 Å². The zero-order chi connectivity index (χ0) is 18.1. The third-order valence-electron chi connectivity index (χ3n) is 3.55. The molecule has 2 rings (SSSR count). The van der Waals surface area contributed by atoms with Crippen molar-refractivity contribution < 1.29 is 18.7 Å². The van der Waals surface area contributed by atoms with Crippen molar-refractivity contribution in [2.24, 2.45) is 5.73 Å². The van der Waals surface area contributed by atoms with E-state index in [1.54, 1.807) is 13.1 Å². The first-order valence-electron chi connectivity index (χ1n) is 8.13. The van der Waals surface area contributed by atoms with E-state index >= 15 is 0 Å². The molecular formula is C19H23FN2O3. The lowest BCUT2D eigenvalue weighted by atomic mass is 10.2. The summed E-state index contributed by atoms with van der Waals surface area (Å²) in [5.41, 5.74) is 6.93. The Kier molecular flexibility index (Phi) is 7.22.